The number of carboxylic acids is 1. The van der Waals surface area contributed by atoms with Gasteiger partial charge in [-0.1, -0.05) is 15.9 Å². The van der Waals surface area contributed by atoms with Crippen LogP contribution in [0.3, 0.4) is 0 Å². The van der Waals surface area contributed by atoms with Crippen molar-refractivity contribution in [2.24, 2.45) is 0 Å². The van der Waals surface area contributed by atoms with Crippen molar-refractivity contribution in [1.29, 1.82) is 0 Å². The van der Waals surface area contributed by atoms with Crippen LogP contribution >= 0.6 is 31.9 Å². The maximum absolute atomic E-state index is 12.4. The summed E-state index contributed by atoms with van der Waals surface area (Å²) in [5.74, 6) is -0.977. The number of furan rings is 1. The van der Waals surface area contributed by atoms with Crippen LogP contribution < -0.4 is 4.72 Å². The van der Waals surface area contributed by atoms with Gasteiger partial charge in [-0.3, -0.25) is 4.72 Å². The Labute approximate surface area is 166 Å². The van der Waals surface area contributed by atoms with E-state index in [-0.39, 0.29) is 10.7 Å². The van der Waals surface area contributed by atoms with Crippen LogP contribution in [-0.2, 0) is 10.0 Å². The third-order valence-electron chi connectivity index (χ3n) is 3.43. The molecule has 6 nitrogen and oxygen atoms in total. The van der Waals surface area contributed by atoms with Crippen LogP contribution in [-0.4, -0.2) is 19.5 Å². The fraction of sp³-hybridized carbons (Fsp3) is 0. The first-order valence-electron chi connectivity index (χ1n) is 7.18. The van der Waals surface area contributed by atoms with Gasteiger partial charge in [0.15, 0.2) is 0 Å². The molecule has 0 unspecified atom stereocenters. The number of halogens is 2. The zero-order chi connectivity index (χ0) is 18.9. The van der Waals surface area contributed by atoms with Crippen LogP contribution in [0.15, 0.2) is 72.9 Å². The topological polar surface area (TPSA) is 96.6 Å². The molecule has 2 N–H and O–H groups in total. The van der Waals surface area contributed by atoms with E-state index in [9.17, 15) is 13.2 Å². The quantitative estimate of drug-likeness (QED) is 0.515. The Morgan fingerprint density at radius 1 is 1.00 bits per heavy atom. The number of rotatable bonds is 5. The Morgan fingerprint density at radius 3 is 2.27 bits per heavy atom. The molecule has 3 rings (SSSR count). The molecule has 9 heteroatoms. The standard InChI is InChI=1S/C17H11Br2NO5S/c18-10-1-4-12(5-2-10)26(23,24)20-11-3-6-13(14(19)9-11)15-7-8-16(25-15)17(21)22/h1-9,20H,(H,21,22). The maximum Gasteiger partial charge on any atom is 0.371 e. The van der Waals surface area contributed by atoms with Gasteiger partial charge >= 0.3 is 5.97 Å². The number of carboxylic acid groups (broad SMARTS) is 1. The van der Waals surface area contributed by atoms with E-state index in [2.05, 4.69) is 36.6 Å². The summed E-state index contributed by atoms with van der Waals surface area (Å²) in [4.78, 5) is 11.0. The van der Waals surface area contributed by atoms with Crippen LogP contribution in [0.5, 0.6) is 0 Å². The van der Waals surface area contributed by atoms with Gasteiger partial charge in [0.25, 0.3) is 10.0 Å². The summed E-state index contributed by atoms with van der Waals surface area (Å²) in [5, 5.41) is 8.93. The summed E-state index contributed by atoms with van der Waals surface area (Å²) in [6.45, 7) is 0. The first-order chi connectivity index (χ1) is 12.3. The van der Waals surface area contributed by atoms with Gasteiger partial charge < -0.3 is 9.52 Å². The highest BCUT2D eigenvalue weighted by molar-refractivity contribution is 9.10. The second-order valence-electron chi connectivity index (χ2n) is 5.22. The van der Waals surface area contributed by atoms with Crippen molar-refractivity contribution >= 4 is 53.5 Å². The number of carbonyl (C=O) groups is 1. The largest absolute Gasteiger partial charge is 0.475 e. The Bertz CT molecular complexity index is 1070. The first kappa shape index (κ1) is 18.7. The normalized spacial score (nSPS) is 11.3. The average Bonchev–Trinajstić information content (AvgIpc) is 3.05. The molecule has 2 aromatic carbocycles. The lowest BCUT2D eigenvalue weighted by atomic mass is 10.1. The predicted molar refractivity (Wildman–Crippen MR) is 104 cm³/mol. The molecular weight excluding hydrogens is 490 g/mol. The molecule has 0 amide bonds. The third-order valence-corrected chi connectivity index (χ3v) is 6.01. The van der Waals surface area contributed by atoms with E-state index in [1.807, 2.05) is 0 Å². The highest BCUT2D eigenvalue weighted by atomic mass is 79.9. The molecule has 0 radical (unpaired) electrons. The monoisotopic (exact) mass is 499 g/mol. The summed E-state index contributed by atoms with van der Waals surface area (Å²) in [6.07, 6.45) is 0. The number of aromatic carboxylic acids is 1. The number of anilines is 1. The van der Waals surface area contributed by atoms with Gasteiger partial charge in [0, 0.05) is 20.2 Å². The third kappa shape index (κ3) is 4.00. The summed E-state index contributed by atoms with van der Waals surface area (Å²) in [7, 11) is -3.72. The Morgan fingerprint density at radius 2 is 1.69 bits per heavy atom. The molecule has 1 heterocycles. The zero-order valence-electron chi connectivity index (χ0n) is 12.9. The zero-order valence-corrected chi connectivity index (χ0v) is 16.9. The minimum Gasteiger partial charge on any atom is -0.475 e. The number of hydrogen-bond donors (Lipinski definition) is 2. The van der Waals surface area contributed by atoms with E-state index < -0.39 is 16.0 Å². The van der Waals surface area contributed by atoms with Crippen molar-refractivity contribution in [1.82, 2.24) is 0 Å². The Balaban J connectivity index is 1.87. The minimum atomic E-state index is -3.72. The van der Waals surface area contributed by atoms with Crippen LogP contribution in [0.1, 0.15) is 10.6 Å². The van der Waals surface area contributed by atoms with Crippen LogP contribution in [0.25, 0.3) is 11.3 Å². The van der Waals surface area contributed by atoms with Crippen LogP contribution in [0, 0.1) is 0 Å². The maximum atomic E-state index is 12.4. The van der Waals surface area contributed by atoms with Crippen molar-refractivity contribution < 1.29 is 22.7 Å². The summed E-state index contributed by atoms with van der Waals surface area (Å²) in [5.41, 5.74) is 0.956. The second-order valence-corrected chi connectivity index (χ2v) is 8.68. The molecule has 0 bridgehead atoms. The lowest BCUT2D eigenvalue weighted by molar-refractivity contribution is 0.0663. The van der Waals surface area contributed by atoms with E-state index in [1.165, 1.54) is 24.3 Å². The highest BCUT2D eigenvalue weighted by Gasteiger charge is 2.16. The molecule has 0 aliphatic carbocycles. The van der Waals surface area contributed by atoms with Gasteiger partial charge in [-0.25, -0.2) is 13.2 Å². The molecule has 26 heavy (non-hydrogen) atoms. The SMILES string of the molecule is O=C(O)c1ccc(-c2ccc(NS(=O)(=O)c3ccc(Br)cc3)cc2Br)o1. The van der Waals surface area contributed by atoms with Gasteiger partial charge in [-0.05, 0) is 70.5 Å². The minimum absolute atomic E-state index is 0.137. The second kappa shape index (κ2) is 7.26. The number of nitrogens with one attached hydrogen (secondary N) is 1. The van der Waals surface area contributed by atoms with E-state index in [1.54, 1.807) is 30.3 Å². The smallest absolute Gasteiger partial charge is 0.371 e. The molecule has 0 fully saturated rings. The van der Waals surface area contributed by atoms with Gasteiger partial charge in [0.1, 0.15) is 5.76 Å². The van der Waals surface area contributed by atoms with E-state index in [4.69, 9.17) is 9.52 Å². The van der Waals surface area contributed by atoms with Crippen molar-refractivity contribution in [3.8, 4) is 11.3 Å². The van der Waals surface area contributed by atoms with E-state index in [0.717, 1.165) is 4.47 Å². The molecule has 0 spiro atoms. The molecular formula is C17H11Br2NO5S. The Kier molecular flexibility index (Phi) is 5.22. The molecule has 134 valence electrons. The molecule has 0 aliphatic heterocycles. The highest BCUT2D eigenvalue weighted by Crippen LogP contribution is 2.32. The van der Waals surface area contributed by atoms with Gasteiger partial charge in [0.2, 0.25) is 5.76 Å². The molecule has 1 aromatic heterocycles. The van der Waals surface area contributed by atoms with E-state index >= 15 is 0 Å². The number of benzene rings is 2. The lowest BCUT2D eigenvalue weighted by Crippen LogP contribution is -2.12. The fourth-order valence-corrected chi connectivity index (χ4v) is 4.09. The fourth-order valence-electron chi connectivity index (χ4n) is 2.20. The summed E-state index contributed by atoms with van der Waals surface area (Å²) >= 11 is 6.62. The van der Waals surface area contributed by atoms with Crippen molar-refractivity contribution in [2.45, 2.75) is 4.90 Å². The molecule has 0 saturated carbocycles. The Hall–Kier alpha value is -2.10. The molecule has 0 aliphatic rings. The molecule has 3 aromatic rings. The van der Waals surface area contributed by atoms with Gasteiger partial charge in [-0.2, -0.15) is 0 Å². The molecule has 0 saturated heterocycles. The van der Waals surface area contributed by atoms with Crippen molar-refractivity contribution in [3.63, 3.8) is 0 Å². The summed E-state index contributed by atoms with van der Waals surface area (Å²) in [6, 6.07) is 13.9. The predicted octanol–water partition coefficient (Wildman–Crippen LogP) is 4.97. The molecule has 0 atom stereocenters. The van der Waals surface area contributed by atoms with E-state index in [0.29, 0.717) is 21.5 Å². The lowest BCUT2D eigenvalue weighted by Gasteiger charge is -2.10. The first-order valence-corrected chi connectivity index (χ1v) is 10.2. The number of hydrogen-bond acceptors (Lipinski definition) is 4. The average molecular weight is 501 g/mol. The van der Waals surface area contributed by atoms with Gasteiger partial charge in [0.05, 0.1) is 4.90 Å². The van der Waals surface area contributed by atoms with Crippen LogP contribution in [0.2, 0.25) is 0 Å². The van der Waals surface area contributed by atoms with Crippen LogP contribution in [0.4, 0.5) is 5.69 Å². The number of sulfonamides is 1. The van der Waals surface area contributed by atoms with Crippen molar-refractivity contribution in [3.05, 3.63) is 69.3 Å². The van der Waals surface area contributed by atoms with Crippen molar-refractivity contribution in [2.75, 3.05) is 4.72 Å². The summed E-state index contributed by atoms with van der Waals surface area (Å²) < 4.78 is 34.0. The van der Waals surface area contributed by atoms with Gasteiger partial charge in [-0.15, -0.1) is 0 Å².